The molecule has 1 unspecified atom stereocenters. The van der Waals surface area contributed by atoms with Crippen LogP contribution in [0.5, 0.6) is 0 Å². The predicted molar refractivity (Wildman–Crippen MR) is 73.0 cm³/mol. The molecular weight excluding hydrogens is 366 g/mol. The van der Waals surface area contributed by atoms with Crippen LogP contribution < -0.4 is 5.32 Å². The average Bonchev–Trinajstić information content (AvgIpc) is 2.85. The number of carbonyl (C=O) groups excluding carboxylic acids is 1. The molecule has 6 nitrogen and oxygen atoms in total. The molecule has 94 valence electrons. The van der Waals surface area contributed by atoms with Crippen LogP contribution in [0, 0.1) is 0 Å². The second-order valence-corrected chi connectivity index (χ2v) is 5.05. The normalized spacial score (nSPS) is 12.2. The highest BCUT2D eigenvalue weighted by atomic mass is 79.9. The molecule has 2 aromatic heterocycles. The highest BCUT2D eigenvalue weighted by molar-refractivity contribution is 9.11. The molecule has 0 aromatic carbocycles. The summed E-state index contributed by atoms with van der Waals surface area (Å²) < 4.78 is 2.63. The molecule has 0 radical (unpaired) electrons. The molecule has 2 heterocycles. The highest BCUT2D eigenvalue weighted by Crippen LogP contribution is 2.20. The van der Waals surface area contributed by atoms with Gasteiger partial charge in [-0.3, -0.25) is 9.48 Å². The van der Waals surface area contributed by atoms with Crippen LogP contribution in [0.25, 0.3) is 0 Å². The van der Waals surface area contributed by atoms with E-state index in [0.29, 0.717) is 15.0 Å². The first-order valence-electron chi connectivity index (χ1n) is 5.06. The van der Waals surface area contributed by atoms with Crippen LogP contribution in [0.15, 0.2) is 33.9 Å². The van der Waals surface area contributed by atoms with Gasteiger partial charge in [-0.15, -0.1) is 0 Å². The van der Waals surface area contributed by atoms with Crippen LogP contribution in [0.4, 0.5) is 5.82 Å². The molecule has 2 aromatic rings. The Morgan fingerprint density at radius 3 is 2.89 bits per heavy atom. The van der Waals surface area contributed by atoms with E-state index in [-0.39, 0.29) is 5.91 Å². The lowest BCUT2D eigenvalue weighted by Gasteiger charge is -2.12. The third kappa shape index (κ3) is 2.94. The van der Waals surface area contributed by atoms with Crippen LogP contribution in [0.2, 0.25) is 0 Å². The molecule has 1 N–H and O–H groups in total. The number of carbonyl (C=O) groups is 1. The van der Waals surface area contributed by atoms with Gasteiger partial charge in [0.25, 0.3) is 0 Å². The molecule has 1 atom stereocenters. The van der Waals surface area contributed by atoms with Crippen molar-refractivity contribution in [1.29, 1.82) is 0 Å². The van der Waals surface area contributed by atoms with Crippen molar-refractivity contribution in [2.75, 3.05) is 5.32 Å². The minimum atomic E-state index is -0.419. The number of hydrogen-bond donors (Lipinski definition) is 1. The van der Waals surface area contributed by atoms with Gasteiger partial charge in [-0.05, 0) is 44.8 Å². The largest absolute Gasteiger partial charge is 0.307 e. The first-order chi connectivity index (χ1) is 8.58. The zero-order valence-corrected chi connectivity index (χ0v) is 12.5. The highest BCUT2D eigenvalue weighted by Gasteiger charge is 2.17. The summed E-state index contributed by atoms with van der Waals surface area (Å²) in [5.41, 5.74) is 0. The molecule has 8 heteroatoms. The summed E-state index contributed by atoms with van der Waals surface area (Å²) >= 11 is 6.43. The SMILES string of the molecule is CC(C(=O)Nc1ncc(Br)nc1Br)n1cccn1. The molecule has 0 fully saturated rings. The molecular formula is C10H9Br2N5O. The van der Waals surface area contributed by atoms with E-state index in [1.807, 2.05) is 0 Å². The molecule has 18 heavy (non-hydrogen) atoms. The Balaban J connectivity index is 2.12. The first-order valence-corrected chi connectivity index (χ1v) is 6.64. The van der Waals surface area contributed by atoms with Crippen LogP contribution in [-0.4, -0.2) is 25.7 Å². The number of hydrogen-bond acceptors (Lipinski definition) is 4. The summed E-state index contributed by atoms with van der Waals surface area (Å²) in [6.07, 6.45) is 4.87. The van der Waals surface area contributed by atoms with Crippen molar-refractivity contribution in [2.24, 2.45) is 0 Å². The van der Waals surface area contributed by atoms with E-state index in [9.17, 15) is 4.79 Å². The molecule has 0 saturated heterocycles. The zero-order valence-electron chi connectivity index (χ0n) is 9.34. The van der Waals surface area contributed by atoms with Crippen molar-refractivity contribution in [3.8, 4) is 0 Å². The van der Waals surface area contributed by atoms with E-state index >= 15 is 0 Å². The van der Waals surface area contributed by atoms with Crippen LogP contribution in [0.1, 0.15) is 13.0 Å². The van der Waals surface area contributed by atoms with Gasteiger partial charge in [-0.2, -0.15) is 5.10 Å². The Kier molecular flexibility index (Phi) is 4.07. The van der Waals surface area contributed by atoms with Crippen LogP contribution in [0.3, 0.4) is 0 Å². The lowest BCUT2D eigenvalue weighted by atomic mass is 10.3. The Morgan fingerprint density at radius 2 is 2.28 bits per heavy atom. The van der Waals surface area contributed by atoms with Gasteiger partial charge >= 0.3 is 0 Å². The van der Waals surface area contributed by atoms with Crippen LogP contribution >= 0.6 is 31.9 Å². The number of halogens is 2. The summed E-state index contributed by atoms with van der Waals surface area (Å²) in [5.74, 6) is 0.165. The fourth-order valence-corrected chi connectivity index (χ4v) is 2.19. The maximum Gasteiger partial charge on any atom is 0.250 e. The quantitative estimate of drug-likeness (QED) is 0.895. The summed E-state index contributed by atoms with van der Waals surface area (Å²) in [4.78, 5) is 20.1. The van der Waals surface area contributed by atoms with E-state index in [2.05, 4.69) is 52.2 Å². The Labute approximate surface area is 120 Å². The van der Waals surface area contributed by atoms with Crippen molar-refractivity contribution in [2.45, 2.75) is 13.0 Å². The van der Waals surface area contributed by atoms with E-state index in [0.717, 1.165) is 0 Å². The second-order valence-electron chi connectivity index (χ2n) is 3.48. The summed E-state index contributed by atoms with van der Waals surface area (Å²) in [6.45, 7) is 1.75. The number of anilines is 1. The van der Waals surface area contributed by atoms with E-state index in [1.54, 1.807) is 30.1 Å². The van der Waals surface area contributed by atoms with Gasteiger partial charge < -0.3 is 5.32 Å². The van der Waals surface area contributed by atoms with Gasteiger partial charge in [-0.25, -0.2) is 9.97 Å². The second kappa shape index (κ2) is 5.57. The standard InChI is InChI=1S/C10H9Br2N5O/c1-6(17-4-2-3-14-17)10(18)16-9-8(12)15-7(11)5-13-9/h2-6H,1H3,(H,13,16,18). The Hall–Kier alpha value is -1.28. The fourth-order valence-electron chi connectivity index (χ4n) is 1.28. The molecule has 0 aliphatic heterocycles. The molecule has 2 rings (SSSR count). The topological polar surface area (TPSA) is 72.7 Å². The lowest BCUT2D eigenvalue weighted by Crippen LogP contribution is -2.24. The Morgan fingerprint density at radius 1 is 1.50 bits per heavy atom. The minimum Gasteiger partial charge on any atom is -0.307 e. The van der Waals surface area contributed by atoms with Gasteiger partial charge in [0.1, 0.15) is 15.2 Å². The molecule has 0 bridgehead atoms. The number of amides is 1. The summed E-state index contributed by atoms with van der Waals surface area (Å²) in [7, 11) is 0. The first kappa shape index (κ1) is 13.2. The monoisotopic (exact) mass is 373 g/mol. The van der Waals surface area contributed by atoms with Crippen molar-refractivity contribution in [1.82, 2.24) is 19.7 Å². The summed E-state index contributed by atoms with van der Waals surface area (Å²) in [5, 5.41) is 6.70. The molecule has 1 amide bonds. The number of aromatic nitrogens is 4. The number of nitrogens with zero attached hydrogens (tertiary/aromatic N) is 4. The maximum atomic E-state index is 12.0. The van der Waals surface area contributed by atoms with Gasteiger partial charge in [0.15, 0.2) is 5.82 Å². The molecule has 0 spiro atoms. The van der Waals surface area contributed by atoms with Gasteiger partial charge in [0.2, 0.25) is 5.91 Å². The lowest BCUT2D eigenvalue weighted by molar-refractivity contribution is -0.119. The third-order valence-electron chi connectivity index (χ3n) is 2.24. The predicted octanol–water partition coefficient (Wildman–Crippen LogP) is 2.40. The Bertz CT molecular complexity index is 557. The van der Waals surface area contributed by atoms with E-state index in [4.69, 9.17) is 0 Å². The molecule has 0 aliphatic carbocycles. The van der Waals surface area contributed by atoms with Gasteiger partial charge in [-0.1, -0.05) is 0 Å². The maximum absolute atomic E-state index is 12.0. The van der Waals surface area contributed by atoms with Crippen molar-refractivity contribution in [3.05, 3.63) is 33.9 Å². The van der Waals surface area contributed by atoms with E-state index < -0.39 is 6.04 Å². The zero-order chi connectivity index (χ0) is 13.1. The van der Waals surface area contributed by atoms with Gasteiger partial charge in [0, 0.05) is 12.4 Å². The minimum absolute atomic E-state index is 0.212. The van der Waals surface area contributed by atoms with Crippen molar-refractivity contribution < 1.29 is 4.79 Å². The molecule has 0 aliphatic rings. The average molecular weight is 375 g/mol. The summed E-state index contributed by atoms with van der Waals surface area (Å²) in [6, 6.07) is 1.34. The molecule has 0 saturated carbocycles. The smallest absolute Gasteiger partial charge is 0.250 e. The van der Waals surface area contributed by atoms with Gasteiger partial charge in [0.05, 0.1) is 6.20 Å². The number of rotatable bonds is 3. The van der Waals surface area contributed by atoms with Crippen molar-refractivity contribution >= 4 is 43.6 Å². The van der Waals surface area contributed by atoms with Crippen LogP contribution in [-0.2, 0) is 4.79 Å². The van der Waals surface area contributed by atoms with Crippen molar-refractivity contribution in [3.63, 3.8) is 0 Å². The third-order valence-corrected chi connectivity index (χ3v) is 3.18. The number of nitrogens with one attached hydrogen (secondary N) is 1. The fraction of sp³-hybridized carbons (Fsp3) is 0.200. The van der Waals surface area contributed by atoms with E-state index in [1.165, 1.54) is 6.20 Å².